The topological polar surface area (TPSA) is 8.81 Å². The van der Waals surface area contributed by atoms with Crippen molar-refractivity contribution < 1.29 is 4.57 Å². The van der Waals surface area contributed by atoms with Crippen molar-refractivity contribution in [2.45, 2.75) is 121 Å². The quantitative estimate of drug-likeness (QED) is 0.311. The van der Waals surface area contributed by atoms with E-state index in [1.54, 1.807) is 17.1 Å². The van der Waals surface area contributed by atoms with Gasteiger partial charge in [-0.3, -0.25) is 0 Å². The van der Waals surface area contributed by atoms with Crippen LogP contribution in [-0.2, 0) is 5.41 Å². The summed E-state index contributed by atoms with van der Waals surface area (Å²) in [7, 11) is 0. The number of hydrogen-bond donors (Lipinski definition) is 0. The Kier molecular flexibility index (Phi) is 6.49. The molecule has 200 valence electrons. The molecule has 3 fully saturated rings. The molecule has 38 heavy (non-hydrogen) atoms. The average molecular weight is 508 g/mol. The number of rotatable bonds is 4. The standard InChI is InChI=1S/C36H47N2/c1-26-16-12-14-24-32(26)37-27(2)34-36(29-19-8-4-9-20-29,30-21-10-5-11-22-30)31-23-13-15-25-33(31)38(34)35(37)28-17-6-3-7-18-28/h12-16,23-25,28-30H,3-11,17-22H2,1-2H3/q+1. The van der Waals surface area contributed by atoms with Gasteiger partial charge in [-0.2, -0.15) is 9.13 Å². The molecule has 0 radical (unpaired) electrons. The molecule has 0 spiro atoms. The van der Waals surface area contributed by atoms with Crippen molar-refractivity contribution in [3.8, 4) is 11.4 Å². The Bertz CT molecular complexity index is 1280. The van der Waals surface area contributed by atoms with Crippen LogP contribution in [0.5, 0.6) is 0 Å². The molecule has 1 aromatic heterocycles. The minimum atomic E-state index is 0.166. The Morgan fingerprint density at radius 1 is 0.658 bits per heavy atom. The van der Waals surface area contributed by atoms with Gasteiger partial charge in [-0.05, 0) is 75.0 Å². The van der Waals surface area contributed by atoms with Crippen molar-refractivity contribution >= 4 is 0 Å². The normalized spacial score (nSPS) is 22.4. The first-order valence-corrected chi connectivity index (χ1v) is 16.1. The van der Waals surface area contributed by atoms with Gasteiger partial charge in [0, 0.05) is 12.5 Å². The summed E-state index contributed by atoms with van der Waals surface area (Å²) in [6, 6.07) is 18.9. The SMILES string of the molecule is Cc1ccccc1-n1c(C)c2[n+](c1C1CCCCC1)-c1ccccc1C2(C1CCCCC1)C1CCCCC1. The first-order chi connectivity index (χ1) is 18.7. The highest BCUT2D eigenvalue weighted by Crippen LogP contribution is 2.58. The van der Waals surface area contributed by atoms with Crippen LogP contribution in [0, 0.1) is 25.7 Å². The van der Waals surface area contributed by atoms with Gasteiger partial charge in [0.2, 0.25) is 0 Å². The molecular weight excluding hydrogens is 460 g/mol. The summed E-state index contributed by atoms with van der Waals surface area (Å²) in [5.74, 6) is 3.75. The molecule has 2 heteroatoms. The first kappa shape index (κ1) is 24.7. The zero-order valence-electron chi connectivity index (χ0n) is 23.9. The summed E-state index contributed by atoms with van der Waals surface area (Å²) >= 11 is 0. The minimum Gasteiger partial charge on any atom is -0.196 e. The van der Waals surface area contributed by atoms with Crippen LogP contribution >= 0.6 is 0 Å². The molecule has 3 aliphatic carbocycles. The molecule has 7 rings (SSSR count). The van der Waals surface area contributed by atoms with E-state index in [1.165, 1.54) is 119 Å². The summed E-state index contributed by atoms with van der Waals surface area (Å²) in [6.07, 6.45) is 20.9. The number of fused-ring (bicyclic) bond motifs is 3. The Hall–Kier alpha value is -2.35. The van der Waals surface area contributed by atoms with Crippen LogP contribution in [0.4, 0.5) is 0 Å². The van der Waals surface area contributed by atoms with Crippen LogP contribution in [-0.4, -0.2) is 4.57 Å². The highest BCUT2D eigenvalue weighted by atomic mass is 15.2. The van der Waals surface area contributed by atoms with E-state index >= 15 is 0 Å². The van der Waals surface area contributed by atoms with E-state index in [0.717, 1.165) is 11.8 Å². The van der Waals surface area contributed by atoms with Gasteiger partial charge >= 0.3 is 0 Å². The second-order valence-corrected chi connectivity index (χ2v) is 13.1. The van der Waals surface area contributed by atoms with Gasteiger partial charge in [0.05, 0.1) is 11.3 Å². The van der Waals surface area contributed by atoms with E-state index in [-0.39, 0.29) is 5.41 Å². The molecule has 0 saturated heterocycles. The second-order valence-electron chi connectivity index (χ2n) is 13.1. The Morgan fingerprint density at radius 3 is 1.84 bits per heavy atom. The predicted molar refractivity (Wildman–Crippen MR) is 157 cm³/mol. The fraction of sp³-hybridized carbons (Fsp3) is 0.583. The van der Waals surface area contributed by atoms with Gasteiger partial charge in [-0.25, -0.2) is 0 Å². The molecule has 2 aromatic carbocycles. The highest BCUT2D eigenvalue weighted by Gasteiger charge is 2.60. The van der Waals surface area contributed by atoms with Gasteiger partial charge in [0.1, 0.15) is 17.1 Å². The van der Waals surface area contributed by atoms with Crippen molar-refractivity contribution in [3.05, 3.63) is 76.9 Å². The summed E-state index contributed by atoms with van der Waals surface area (Å²) < 4.78 is 5.63. The van der Waals surface area contributed by atoms with Crippen LogP contribution in [0.3, 0.4) is 0 Å². The van der Waals surface area contributed by atoms with Gasteiger partial charge in [-0.15, -0.1) is 0 Å². The largest absolute Gasteiger partial charge is 0.270 e. The van der Waals surface area contributed by atoms with E-state index in [0.29, 0.717) is 5.92 Å². The number of nitrogens with zero attached hydrogens (tertiary/aromatic N) is 2. The maximum absolute atomic E-state index is 2.87. The van der Waals surface area contributed by atoms with Crippen LogP contribution in [0.1, 0.15) is 131 Å². The van der Waals surface area contributed by atoms with E-state index in [2.05, 4.69) is 71.5 Å². The fourth-order valence-electron chi connectivity index (χ4n) is 9.65. The molecular formula is C36H47N2+. The van der Waals surface area contributed by atoms with Crippen molar-refractivity contribution in [1.82, 2.24) is 4.57 Å². The molecule has 0 atom stereocenters. The summed E-state index contributed by atoms with van der Waals surface area (Å²) in [5, 5.41) is 0. The van der Waals surface area contributed by atoms with Gasteiger partial charge in [0.15, 0.2) is 5.69 Å². The lowest BCUT2D eigenvalue weighted by Gasteiger charge is -2.46. The van der Waals surface area contributed by atoms with Crippen molar-refractivity contribution in [3.63, 3.8) is 0 Å². The molecule has 1 aliphatic heterocycles. The smallest absolute Gasteiger partial charge is 0.196 e. The molecule has 0 bridgehead atoms. The van der Waals surface area contributed by atoms with Crippen LogP contribution < -0.4 is 4.57 Å². The van der Waals surface area contributed by atoms with Crippen LogP contribution in [0.15, 0.2) is 48.5 Å². The number of benzene rings is 2. The Labute approximate surface area is 230 Å². The monoisotopic (exact) mass is 507 g/mol. The molecule has 2 nitrogen and oxygen atoms in total. The van der Waals surface area contributed by atoms with Gasteiger partial charge in [-0.1, -0.05) is 94.2 Å². The fourth-order valence-corrected chi connectivity index (χ4v) is 9.65. The van der Waals surface area contributed by atoms with Gasteiger partial charge < -0.3 is 0 Å². The van der Waals surface area contributed by atoms with Crippen LogP contribution in [0.25, 0.3) is 11.4 Å². The van der Waals surface area contributed by atoms with Gasteiger partial charge in [0.25, 0.3) is 5.82 Å². The van der Waals surface area contributed by atoms with E-state index in [1.807, 2.05) is 0 Å². The highest BCUT2D eigenvalue weighted by molar-refractivity contribution is 5.55. The first-order valence-electron chi connectivity index (χ1n) is 16.1. The van der Waals surface area contributed by atoms with Crippen molar-refractivity contribution in [1.29, 1.82) is 0 Å². The van der Waals surface area contributed by atoms with Crippen molar-refractivity contribution in [2.75, 3.05) is 0 Å². The molecule has 0 N–H and O–H groups in total. The third-order valence-corrected chi connectivity index (χ3v) is 11.2. The molecule has 3 aromatic rings. The zero-order chi connectivity index (χ0) is 25.7. The molecule has 3 saturated carbocycles. The molecule has 2 heterocycles. The number of aryl methyl sites for hydroxylation is 1. The zero-order valence-corrected chi connectivity index (χ0v) is 23.9. The molecule has 0 amide bonds. The van der Waals surface area contributed by atoms with E-state index in [9.17, 15) is 0 Å². The lowest BCUT2D eigenvalue weighted by molar-refractivity contribution is -0.610. The minimum absolute atomic E-state index is 0.166. The second kappa shape index (κ2) is 10.00. The number of aromatic nitrogens is 2. The Morgan fingerprint density at radius 2 is 1.21 bits per heavy atom. The molecule has 0 unspecified atom stereocenters. The van der Waals surface area contributed by atoms with Crippen molar-refractivity contribution in [2.24, 2.45) is 11.8 Å². The summed E-state index contributed by atoms with van der Waals surface area (Å²) in [6.45, 7) is 4.82. The maximum Gasteiger partial charge on any atom is 0.270 e. The van der Waals surface area contributed by atoms with Crippen LogP contribution in [0.2, 0.25) is 0 Å². The lowest BCUT2D eigenvalue weighted by atomic mass is 9.55. The number of imidazole rings is 1. The Balaban J connectivity index is 1.57. The predicted octanol–water partition coefficient (Wildman–Crippen LogP) is 9.18. The third-order valence-electron chi connectivity index (χ3n) is 11.2. The number of hydrogen-bond acceptors (Lipinski definition) is 0. The molecule has 4 aliphatic rings. The summed E-state index contributed by atoms with van der Waals surface area (Å²) in [4.78, 5) is 0. The number of para-hydroxylation sites is 2. The average Bonchev–Trinajstić information content (AvgIpc) is 3.45. The van der Waals surface area contributed by atoms with E-state index in [4.69, 9.17) is 0 Å². The lowest BCUT2D eigenvalue weighted by Crippen LogP contribution is -2.47. The maximum atomic E-state index is 2.87. The third kappa shape index (κ3) is 3.61. The van der Waals surface area contributed by atoms with E-state index < -0.39 is 0 Å². The summed E-state index contributed by atoms with van der Waals surface area (Å²) in [5.41, 5.74) is 9.41.